The van der Waals surface area contributed by atoms with Crippen LogP contribution in [0.25, 0.3) is 0 Å². The normalized spacial score (nSPS) is 11.2. The minimum absolute atomic E-state index is 0.192. The highest BCUT2D eigenvalue weighted by molar-refractivity contribution is 6.66. The molecule has 0 radical (unpaired) electrons. The fraction of sp³-hybridized carbons (Fsp3) is 0.214. The summed E-state index contributed by atoms with van der Waals surface area (Å²) >= 11 is 23.3. The van der Waals surface area contributed by atoms with Crippen LogP contribution in [0.5, 0.6) is 11.6 Å². The molecule has 2 aromatic rings. The van der Waals surface area contributed by atoms with E-state index in [0.717, 1.165) is 5.75 Å². The fourth-order valence-corrected chi connectivity index (χ4v) is 2.06. The van der Waals surface area contributed by atoms with Crippen molar-refractivity contribution >= 4 is 46.4 Å². The van der Waals surface area contributed by atoms with Crippen LogP contribution in [0, 0.1) is 0 Å². The van der Waals surface area contributed by atoms with E-state index in [1.165, 1.54) is 12.1 Å². The molecular formula is C14H11Cl4NO2. The predicted molar refractivity (Wildman–Crippen MR) is 85.9 cm³/mol. The summed E-state index contributed by atoms with van der Waals surface area (Å²) < 4.78 is 9.36. The van der Waals surface area contributed by atoms with Crippen LogP contribution in [0.1, 0.15) is 5.56 Å². The van der Waals surface area contributed by atoms with Crippen molar-refractivity contribution in [3.63, 3.8) is 0 Å². The smallest absolute Gasteiger partial charge is 0.216 e. The van der Waals surface area contributed by atoms with Gasteiger partial charge in [-0.15, -0.1) is 0 Å². The van der Waals surface area contributed by atoms with Gasteiger partial charge in [-0.1, -0.05) is 64.6 Å². The number of hydrogen-bond donors (Lipinski definition) is 0. The molecule has 0 N–H and O–H groups in total. The Hall–Kier alpha value is -0.870. The molecule has 0 aliphatic rings. The molecular weight excluding hydrogens is 356 g/mol. The molecule has 0 spiro atoms. The van der Waals surface area contributed by atoms with Crippen LogP contribution < -0.4 is 9.47 Å². The molecule has 21 heavy (non-hydrogen) atoms. The molecule has 1 aromatic carbocycles. The van der Waals surface area contributed by atoms with Crippen LogP contribution in [0.3, 0.4) is 0 Å². The Labute approximate surface area is 142 Å². The Balaban J connectivity index is 1.90. The van der Waals surface area contributed by atoms with E-state index in [1.54, 1.807) is 0 Å². The second-order valence-corrected chi connectivity index (χ2v) is 6.69. The number of benzene rings is 1. The van der Waals surface area contributed by atoms with Crippen LogP contribution in [0.4, 0.5) is 0 Å². The van der Waals surface area contributed by atoms with Crippen molar-refractivity contribution in [2.75, 3.05) is 13.2 Å². The first-order chi connectivity index (χ1) is 9.95. The second kappa shape index (κ2) is 7.41. The molecule has 0 saturated carbocycles. The van der Waals surface area contributed by atoms with Gasteiger partial charge in [0.1, 0.15) is 24.1 Å². The molecule has 0 unspecified atom stereocenters. The maximum atomic E-state index is 5.87. The maximum Gasteiger partial charge on any atom is 0.216 e. The van der Waals surface area contributed by atoms with E-state index in [0.29, 0.717) is 18.8 Å². The van der Waals surface area contributed by atoms with Crippen molar-refractivity contribution in [1.82, 2.24) is 4.98 Å². The number of rotatable bonds is 5. The van der Waals surface area contributed by atoms with E-state index in [2.05, 4.69) is 4.98 Å². The highest BCUT2D eigenvalue weighted by atomic mass is 35.6. The second-order valence-electron chi connectivity index (χ2n) is 4.02. The standard InChI is InChI=1S/C14H11Cl4NO2/c15-12-8-10(14(16,17)18)9-13(19-12)21-7-6-20-11-4-2-1-3-5-11/h1-5,8-9H,6-7H2. The lowest BCUT2D eigenvalue weighted by Crippen LogP contribution is -2.10. The first-order valence-electron chi connectivity index (χ1n) is 6.00. The first kappa shape index (κ1) is 16.5. The van der Waals surface area contributed by atoms with Crippen molar-refractivity contribution in [3.8, 4) is 11.6 Å². The van der Waals surface area contributed by atoms with Crippen molar-refractivity contribution in [2.45, 2.75) is 3.79 Å². The molecule has 0 aliphatic heterocycles. The van der Waals surface area contributed by atoms with E-state index in [-0.39, 0.29) is 11.0 Å². The zero-order valence-electron chi connectivity index (χ0n) is 10.7. The van der Waals surface area contributed by atoms with Gasteiger partial charge in [0.25, 0.3) is 0 Å². The van der Waals surface area contributed by atoms with Crippen molar-refractivity contribution < 1.29 is 9.47 Å². The van der Waals surface area contributed by atoms with Gasteiger partial charge in [-0.2, -0.15) is 0 Å². The Kier molecular flexibility index (Phi) is 5.82. The topological polar surface area (TPSA) is 31.4 Å². The Morgan fingerprint density at radius 2 is 1.62 bits per heavy atom. The van der Waals surface area contributed by atoms with E-state index >= 15 is 0 Å². The fourth-order valence-electron chi connectivity index (χ4n) is 1.53. The zero-order chi connectivity index (χ0) is 15.3. The Morgan fingerprint density at radius 1 is 0.952 bits per heavy atom. The van der Waals surface area contributed by atoms with Crippen LogP contribution in [0.15, 0.2) is 42.5 Å². The molecule has 0 amide bonds. The van der Waals surface area contributed by atoms with Crippen molar-refractivity contribution in [2.24, 2.45) is 0 Å². The van der Waals surface area contributed by atoms with E-state index in [4.69, 9.17) is 55.9 Å². The summed E-state index contributed by atoms with van der Waals surface area (Å²) in [5.74, 6) is 1.04. The average molecular weight is 367 g/mol. The molecule has 0 saturated heterocycles. The third kappa shape index (κ3) is 5.44. The molecule has 112 valence electrons. The number of alkyl halides is 3. The number of nitrogens with zero attached hydrogens (tertiary/aromatic N) is 1. The molecule has 3 nitrogen and oxygen atoms in total. The molecule has 0 atom stereocenters. The van der Waals surface area contributed by atoms with Gasteiger partial charge in [-0.25, -0.2) is 4.98 Å². The molecule has 2 rings (SSSR count). The SMILES string of the molecule is Clc1cc(C(Cl)(Cl)Cl)cc(OCCOc2ccccc2)n1. The quantitative estimate of drug-likeness (QED) is 0.423. The van der Waals surface area contributed by atoms with Gasteiger partial charge in [0.15, 0.2) is 0 Å². The lowest BCUT2D eigenvalue weighted by atomic mass is 10.3. The number of hydrogen-bond acceptors (Lipinski definition) is 3. The summed E-state index contributed by atoms with van der Waals surface area (Å²) in [6, 6.07) is 12.4. The lowest BCUT2D eigenvalue weighted by Gasteiger charge is -2.13. The van der Waals surface area contributed by atoms with Gasteiger partial charge in [-0.3, -0.25) is 0 Å². The first-order valence-corrected chi connectivity index (χ1v) is 7.52. The monoisotopic (exact) mass is 365 g/mol. The molecule has 0 fully saturated rings. The van der Waals surface area contributed by atoms with Crippen molar-refractivity contribution in [1.29, 1.82) is 0 Å². The number of ether oxygens (including phenoxy) is 2. The number of aromatic nitrogens is 1. The predicted octanol–water partition coefficient (Wildman–Crippen LogP) is 5.02. The summed E-state index contributed by atoms with van der Waals surface area (Å²) in [5, 5.41) is 0.192. The minimum atomic E-state index is -1.58. The summed E-state index contributed by atoms with van der Waals surface area (Å²) in [4.78, 5) is 4.00. The van der Waals surface area contributed by atoms with E-state index in [9.17, 15) is 0 Å². The summed E-state index contributed by atoms with van der Waals surface area (Å²) in [6.45, 7) is 0.656. The van der Waals surface area contributed by atoms with Crippen LogP contribution in [-0.4, -0.2) is 18.2 Å². The Bertz CT molecular complexity index is 587. The average Bonchev–Trinajstić information content (AvgIpc) is 2.43. The van der Waals surface area contributed by atoms with Crippen LogP contribution >= 0.6 is 46.4 Å². The lowest BCUT2D eigenvalue weighted by molar-refractivity contribution is 0.212. The van der Waals surface area contributed by atoms with Crippen LogP contribution in [0.2, 0.25) is 5.15 Å². The Morgan fingerprint density at radius 3 is 2.29 bits per heavy atom. The van der Waals surface area contributed by atoms with Gasteiger partial charge in [0.05, 0.1) is 0 Å². The van der Waals surface area contributed by atoms with Crippen molar-refractivity contribution in [3.05, 3.63) is 53.2 Å². The van der Waals surface area contributed by atoms with Gasteiger partial charge < -0.3 is 9.47 Å². The van der Waals surface area contributed by atoms with E-state index < -0.39 is 3.79 Å². The highest BCUT2D eigenvalue weighted by Crippen LogP contribution is 2.39. The van der Waals surface area contributed by atoms with E-state index in [1.807, 2.05) is 30.3 Å². The van der Waals surface area contributed by atoms with Crippen LogP contribution in [-0.2, 0) is 3.79 Å². The third-order valence-corrected chi connectivity index (χ3v) is 3.29. The molecule has 0 bridgehead atoms. The molecule has 0 aliphatic carbocycles. The molecule has 1 heterocycles. The summed E-state index contributed by atoms with van der Waals surface area (Å²) in [5.41, 5.74) is 0.395. The van der Waals surface area contributed by atoms with Gasteiger partial charge in [-0.05, 0) is 18.2 Å². The van der Waals surface area contributed by atoms with Gasteiger partial charge in [0.2, 0.25) is 9.67 Å². The highest BCUT2D eigenvalue weighted by Gasteiger charge is 2.24. The summed E-state index contributed by atoms with van der Waals surface area (Å²) in [7, 11) is 0. The zero-order valence-corrected chi connectivity index (χ0v) is 13.8. The van der Waals surface area contributed by atoms with Gasteiger partial charge in [0, 0.05) is 11.6 Å². The minimum Gasteiger partial charge on any atom is -0.490 e. The molecule has 1 aromatic heterocycles. The maximum absolute atomic E-state index is 5.87. The third-order valence-electron chi connectivity index (χ3n) is 2.44. The number of halogens is 4. The number of pyridine rings is 1. The number of para-hydroxylation sites is 1. The van der Waals surface area contributed by atoms with Gasteiger partial charge >= 0.3 is 0 Å². The largest absolute Gasteiger partial charge is 0.490 e. The molecule has 7 heteroatoms. The summed E-state index contributed by atoms with van der Waals surface area (Å²) in [6.07, 6.45) is 0.